The number of likely N-dealkylation sites (N-methyl/N-ethyl adjacent to an activating group) is 1. The van der Waals surface area contributed by atoms with E-state index >= 15 is 0 Å². The molecule has 0 aliphatic carbocycles. The molecule has 1 aliphatic rings. The van der Waals surface area contributed by atoms with E-state index in [2.05, 4.69) is 34.0 Å². The van der Waals surface area contributed by atoms with E-state index in [1.54, 1.807) is 0 Å². The third-order valence-electron chi connectivity index (χ3n) is 3.70. The average Bonchev–Trinajstić information content (AvgIpc) is 2.54. The quantitative estimate of drug-likeness (QED) is 0.863. The molecule has 4 nitrogen and oxygen atoms in total. The monoisotopic (exact) mass is 249 g/mol. The van der Waals surface area contributed by atoms with Gasteiger partial charge in [-0.2, -0.15) is 0 Å². The zero-order chi connectivity index (χ0) is 12.8. The van der Waals surface area contributed by atoms with Crippen LogP contribution in [0, 0.1) is 0 Å². The van der Waals surface area contributed by atoms with Gasteiger partial charge in [0.2, 0.25) is 0 Å². The van der Waals surface area contributed by atoms with Crippen molar-refractivity contribution < 1.29 is 5.11 Å². The summed E-state index contributed by atoms with van der Waals surface area (Å²) in [5, 5.41) is 9.15. The Labute approximate surface area is 109 Å². The van der Waals surface area contributed by atoms with Gasteiger partial charge in [0.05, 0.1) is 0 Å². The summed E-state index contributed by atoms with van der Waals surface area (Å²) in [6, 6.07) is 4.63. The Morgan fingerprint density at radius 2 is 2.11 bits per heavy atom. The lowest BCUT2D eigenvalue weighted by atomic mass is 10.1. The van der Waals surface area contributed by atoms with Crippen LogP contribution >= 0.6 is 0 Å². The van der Waals surface area contributed by atoms with Crippen LogP contribution in [-0.2, 0) is 6.54 Å². The summed E-state index contributed by atoms with van der Waals surface area (Å²) in [6.45, 7) is 4.56. The van der Waals surface area contributed by atoms with E-state index in [9.17, 15) is 0 Å². The zero-order valence-corrected chi connectivity index (χ0v) is 11.1. The van der Waals surface area contributed by atoms with Crippen molar-refractivity contribution in [2.75, 3.05) is 33.3 Å². The topological polar surface area (TPSA) is 39.6 Å². The standard InChI is InChI=1S/C14H23N3O/c1-16-8-2-9-17(12-14(16)5-10-18)11-13-3-6-15-7-4-13/h3-4,6-7,14,18H,2,5,8-12H2,1H3. The number of pyridine rings is 1. The summed E-state index contributed by atoms with van der Waals surface area (Å²) in [7, 11) is 2.16. The molecule has 1 aromatic rings. The molecule has 2 heterocycles. The third-order valence-corrected chi connectivity index (χ3v) is 3.70. The lowest BCUT2D eigenvalue weighted by Crippen LogP contribution is -2.39. The number of aliphatic hydroxyl groups excluding tert-OH is 1. The molecule has 1 aromatic heterocycles. The van der Waals surface area contributed by atoms with Gasteiger partial charge in [-0.05, 0) is 50.7 Å². The van der Waals surface area contributed by atoms with Crippen LogP contribution in [0.15, 0.2) is 24.5 Å². The first-order valence-electron chi connectivity index (χ1n) is 6.72. The van der Waals surface area contributed by atoms with Crippen LogP contribution in [0.2, 0.25) is 0 Å². The van der Waals surface area contributed by atoms with Gasteiger partial charge in [0, 0.05) is 38.1 Å². The van der Waals surface area contributed by atoms with Gasteiger partial charge in [-0.3, -0.25) is 9.88 Å². The predicted octanol–water partition coefficient (Wildman–Crippen LogP) is 0.970. The number of hydrogen-bond acceptors (Lipinski definition) is 4. The number of aromatic nitrogens is 1. The molecular weight excluding hydrogens is 226 g/mol. The minimum Gasteiger partial charge on any atom is -0.396 e. The second-order valence-corrected chi connectivity index (χ2v) is 5.09. The second-order valence-electron chi connectivity index (χ2n) is 5.09. The van der Waals surface area contributed by atoms with Crippen molar-refractivity contribution in [3.8, 4) is 0 Å². The fourth-order valence-corrected chi connectivity index (χ4v) is 2.61. The van der Waals surface area contributed by atoms with Crippen LogP contribution in [0.5, 0.6) is 0 Å². The minimum absolute atomic E-state index is 0.276. The van der Waals surface area contributed by atoms with Crippen molar-refractivity contribution in [2.45, 2.75) is 25.4 Å². The summed E-state index contributed by atoms with van der Waals surface area (Å²) in [5.74, 6) is 0. The molecule has 0 amide bonds. The van der Waals surface area contributed by atoms with E-state index in [4.69, 9.17) is 5.11 Å². The predicted molar refractivity (Wildman–Crippen MR) is 72.3 cm³/mol. The summed E-state index contributed by atoms with van der Waals surface area (Å²) >= 11 is 0. The lowest BCUT2D eigenvalue weighted by molar-refractivity contribution is 0.162. The molecule has 1 saturated heterocycles. The molecule has 1 aliphatic heterocycles. The molecular formula is C14H23N3O. The SMILES string of the molecule is CN1CCCN(Cc2ccncc2)CC1CCO. The van der Waals surface area contributed by atoms with Crippen LogP contribution in [0.25, 0.3) is 0 Å². The summed E-state index contributed by atoms with van der Waals surface area (Å²) < 4.78 is 0. The fourth-order valence-electron chi connectivity index (χ4n) is 2.61. The third kappa shape index (κ3) is 3.77. The largest absolute Gasteiger partial charge is 0.396 e. The van der Waals surface area contributed by atoms with Crippen molar-refractivity contribution in [1.82, 2.24) is 14.8 Å². The van der Waals surface area contributed by atoms with Crippen LogP contribution in [0.3, 0.4) is 0 Å². The van der Waals surface area contributed by atoms with Crippen molar-refractivity contribution in [3.05, 3.63) is 30.1 Å². The van der Waals surface area contributed by atoms with Gasteiger partial charge in [-0.25, -0.2) is 0 Å². The summed E-state index contributed by atoms with van der Waals surface area (Å²) in [6.07, 6.45) is 5.77. The minimum atomic E-state index is 0.276. The molecule has 0 bridgehead atoms. The Bertz CT molecular complexity index is 344. The van der Waals surface area contributed by atoms with Gasteiger partial charge < -0.3 is 10.0 Å². The highest BCUT2D eigenvalue weighted by molar-refractivity contribution is 5.09. The van der Waals surface area contributed by atoms with Crippen molar-refractivity contribution in [1.29, 1.82) is 0 Å². The first kappa shape index (κ1) is 13.5. The molecule has 100 valence electrons. The van der Waals surface area contributed by atoms with Gasteiger partial charge in [-0.1, -0.05) is 0 Å². The van der Waals surface area contributed by atoms with E-state index in [1.807, 2.05) is 12.4 Å². The maximum absolute atomic E-state index is 9.15. The van der Waals surface area contributed by atoms with E-state index < -0.39 is 0 Å². The van der Waals surface area contributed by atoms with Gasteiger partial charge in [0.1, 0.15) is 0 Å². The molecule has 1 unspecified atom stereocenters. The highest BCUT2D eigenvalue weighted by atomic mass is 16.3. The molecule has 1 atom stereocenters. The number of rotatable bonds is 4. The average molecular weight is 249 g/mol. The van der Waals surface area contributed by atoms with E-state index in [0.717, 1.165) is 32.6 Å². The second kappa shape index (κ2) is 6.83. The number of hydrogen-bond donors (Lipinski definition) is 1. The van der Waals surface area contributed by atoms with E-state index in [-0.39, 0.29) is 6.61 Å². The summed E-state index contributed by atoms with van der Waals surface area (Å²) in [5.41, 5.74) is 1.32. The molecule has 0 aromatic carbocycles. The molecule has 18 heavy (non-hydrogen) atoms. The van der Waals surface area contributed by atoms with Gasteiger partial charge in [0.15, 0.2) is 0 Å². The summed E-state index contributed by atoms with van der Waals surface area (Å²) in [4.78, 5) is 8.92. The Balaban J connectivity index is 1.95. The fraction of sp³-hybridized carbons (Fsp3) is 0.643. The van der Waals surface area contributed by atoms with Crippen molar-refractivity contribution in [3.63, 3.8) is 0 Å². The molecule has 2 rings (SSSR count). The van der Waals surface area contributed by atoms with E-state index in [0.29, 0.717) is 6.04 Å². The van der Waals surface area contributed by atoms with Crippen LogP contribution in [0.1, 0.15) is 18.4 Å². The van der Waals surface area contributed by atoms with E-state index in [1.165, 1.54) is 12.0 Å². The Kier molecular flexibility index (Phi) is 5.11. The first-order valence-corrected chi connectivity index (χ1v) is 6.72. The maximum atomic E-state index is 9.15. The molecule has 0 saturated carbocycles. The van der Waals surface area contributed by atoms with Crippen molar-refractivity contribution in [2.24, 2.45) is 0 Å². The maximum Gasteiger partial charge on any atom is 0.0446 e. The van der Waals surface area contributed by atoms with Crippen molar-refractivity contribution >= 4 is 0 Å². The van der Waals surface area contributed by atoms with Crippen LogP contribution in [-0.4, -0.2) is 59.2 Å². The van der Waals surface area contributed by atoms with Crippen LogP contribution < -0.4 is 0 Å². The van der Waals surface area contributed by atoms with Gasteiger partial charge in [-0.15, -0.1) is 0 Å². The molecule has 0 spiro atoms. The number of nitrogens with zero attached hydrogens (tertiary/aromatic N) is 3. The zero-order valence-electron chi connectivity index (χ0n) is 11.1. The van der Waals surface area contributed by atoms with Crippen LogP contribution in [0.4, 0.5) is 0 Å². The Hall–Kier alpha value is -0.970. The lowest BCUT2D eigenvalue weighted by Gasteiger charge is -2.28. The molecule has 0 radical (unpaired) electrons. The smallest absolute Gasteiger partial charge is 0.0446 e. The number of aliphatic hydroxyl groups is 1. The Morgan fingerprint density at radius 3 is 2.83 bits per heavy atom. The first-order chi connectivity index (χ1) is 8.79. The highest BCUT2D eigenvalue weighted by Crippen LogP contribution is 2.13. The highest BCUT2D eigenvalue weighted by Gasteiger charge is 2.21. The van der Waals surface area contributed by atoms with Gasteiger partial charge >= 0.3 is 0 Å². The molecule has 1 fully saturated rings. The molecule has 1 N–H and O–H groups in total. The Morgan fingerprint density at radius 1 is 1.33 bits per heavy atom. The normalized spacial score (nSPS) is 22.9. The molecule has 4 heteroatoms. The van der Waals surface area contributed by atoms with Gasteiger partial charge in [0.25, 0.3) is 0 Å².